The number of rotatable bonds is 5. The molecule has 37 heavy (non-hydrogen) atoms. The smallest absolute Gasteiger partial charge is 0.243 e. The van der Waals surface area contributed by atoms with Gasteiger partial charge in [0, 0.05) is 32.4 Å². The summed E-state index contributed by atoms with van der Waals surface area (Å²) in [6.45, 7) is 1.90. The number of amides is 3. The van der Waals surface area contributed by atoms with E-state index in [0.717, 1.165) is 0 Å². The van der Waals surface area contributed by atoms with E-state index in [1.165, 1.54) is 12.1 Å². The molecular formula is C25H34ClN5O6. The molecule has 2 aromatic rings. The molecule has 1 heterocycles. The first kappa shape index (κ1) is 29.8. The molecule has 202 valence electrons. The van der Waals surface area contributed by atoms with Gasteiger partial charge in [0.2, 0.25) is 17.7 Å². The number of hydrogen-bond acceptors (Lipinski definition) is 8. The molecule has 1 aliphatic rings. The minimum atomic E-state index is -1.23. The lowest BCUT2D eigenvalue weighted by molar-refractivity contribution is -0.133. The topological polar surface area (TPSA) is 200 Å². The molecule has 12 heteroatoms. The largest absolute Gasteiger partial charge is 0.508 e. The van der Waals surface area contributed by atoms with Gasteiger partial charge in [0.25, 0.3) is 0 Å². The number of carbonyl (C=O) groups is 3. The number of nitrogens with two attached hydrogens (primary N) is 2. The van der Waals surface area contributed by atoms with Crippen molar-refractivity contribution in [2.75, 3.05) is 13.1 Å². The molecule has 0 spiro atoms. The van der Waals surface area contributed by atoms with E-state index < -0.39 is 42.0 Å². The van der Waals surface area contributed by atoms with Crippen LogP contribution in [0.2, 0.25) is 0 Å². The van der Waals surface area contributed by atoms with Gasteiger partial charge < -0.3 is 42.7 Å². The molecule has 4 atom stereocenters. The lowest BCUT2D eigenvalue weighted by Crippen LogP contribution is -2.57. The van der Waals surface area contributed by atoms with Gasteiger partial charge in [-0.15, -0.1) is 12.4 Å². The molecule has 1 aliphatic heterocycles. The highest BCUT2D eigenvalue weighted by Crippen LogP contribution is 2.30. The number of likely N-dealkylation sites (N-methyl/N-ethyl adjacent to an activating group) is 1. The van der Waals surface area contributed by atoms with Gasteiger partial charge in [-0.05, 0) is 53.4 Å². The summed E-state index contributed by atoms with van der Waals surface area (Å²) in [7, 11) is 0. The molecule has 0 unspecified atom stereocenters. The van der Waals surface area contributed by atoms with Gasteiger partial charge in [0.1, 0.15) is 23.6 Å². The second kappa shape index (κ2) is 13.2. The molecule has 0 fully saturated rings. The number of carbonyl (C=O) groups excluding carboxylic acids is 3. The van der Waals surface area contributed by atoms with E-state index in [-0.39, 0.29) is 49.7 Å². The number of benzene rings is 2. The molecule has 0 saturated carbocycles. The molecule has 0 aromatic heterocycles. The van der Waals surface area contributed by atoms with Crippen LogP contribution in [0.15, 0.2) is 36.4 Å². The van der Waals surface area contributed by atoms with Crippen LogP contribution >= 0.6 is 12.4 Å². The lowest BCUT2D eigenvalue weighted by Gasteiger charge is -2.25. The van der Waals surface area contributed by atoms with Crippen LogP contribution in [-0.4, -0.2) is 70.4 Å². The Morgan fingerprint density at radius 1 is 1.03 bits per heavy atom. The van der Waals surface area contributed by atoms with E-state index in [0.29, 0.717) is 28.8 Å². The zero-order chi connectivity index (χ0) is 26.4. The summed E-state index contributed by atoms with van der Waals surface area (Å²) in [5.74, 6) is -1.97. The summed E-state index contributed by atoms with van der Waals surface area (Å²) in [5, 5.41) is 38.7. The van der Waals surface area contributed by atoms with Crippen LogP contribution < -0.4 is 27.4 Å². The van der Waals surface area contributed by atoms with Crippen LogP contribution in [0.25, 0.3) is 11.1 Å². The third kappa shape index (κ3) is 7.56. The van der Waals surface area contributed by atoms with Gasteiger partial charge in [0.15, 0.2) is 0 Å². The van der Waals surface area contributed by atoms with E-state index in [2.05, 4.69) is 16.0 Å². The fraction of sp³-hybridized carbons (Fsp3) is 0.400. The number of hydrogen-bond donors (Lipinski definition) is 8. The highest BCUT2D eigenvalue weighted by molar-refractivity contribution is 5.93. The predicted molar refractivity (Wildman–Crippen MR) is 140 cm³/mol. The Balaban J connectivity index is 0.00000481. The molecule has 0 aliphatic carbocycles. The average molecular weight is 536 g/mol. The van der Waals surface area contributed by atoms with Crippen LogP contribution in [0, 0.1) is 0 Å². The van der Waals surface area contributed by atoms with Crippen molar-refractivity contribution in [2.45, 2.75) is 50.4 Å². The standard InChI is InChI=1S/C25H33N5O6.ClH/c1-2-28-24(35)19-10-16-8-14(4-6-22(16)33)13-3-5-21(32)15(7-13)9-18(27)23(34)29-20(25(36)30-19)11-17(31)12-26;/h3-8,17-20,31-33H,2,9-12,26-27H2,1H3,(H,28,35)(H,29,34)(H,30,36);1H/t17-,18+,19+,20+;/m1./s1. The fourth-order valence-corrected chi connectivity index (χ4v) is 4.06. The van der Waals surface area contributed by atoms with Crippen molar-refractivity contribution in [3.8, 4) is 22.6 Å². The number of phenolic OH excluding ortho intramolecular Hbond substituents is 2. The molecule has 3 amide bonds. The van der Waals surface area contributed by atoms with E-state index in [1.54, 1.807) is 31.2 Å². The SMILES string of the molecule is CCNC(=O)[C@@H]1Cc2cc(ccc2O)-c2ccc(O)c(c2)C[C@H](N)C(=O)N[C@@H](C[C@@H](O)CN)C(=O)N1.Cl. The molecule has 4 bridgehead atoms. The van der Waals surface area contributed by atoms with E-state index in [4.69, 9.17) is 11.5 Å². The summed E-state index contributed by atoms with van der Waals surface area (Å²) >= 11 is 0. The van der Waals surface area contributed by atoms with Gasteiger partial charge in [-0.1, -0.05) is 12.1 Å². The second-order valence-corrected chi connectivity index (χ2v) is 8.84. The van der Waals surface area contributed by atoms with E-state index in [9.17, 15) is 29.7 Å². The number of aliphatic hydroxyl groups excluding tert-OH is 1. The third-order valence-corrected chi connectivity index (χ3v) is 6.09. The maximum Gasteiger partial charge on any atom is 0.243 e. The van der Waals surface area contributed by atoms with Gasteiger partial charge in [-0.3, -0.25) is 14.4 Å². The average Bonchev–Trinajstić information content (AvgIpc) is 2.85. The molecule has 10 N–H and O–H groups in total. The van der Waals surface area contributed by atoms with Crippen LogP contribution in [0.1, 0.15) is 24.5 Å². The number of halogens is 1. The minimum Gasteiger partial charge on any atom is -0.508 e. The van der Waals surface area contributed by atoms with Crippen molar-refractivity contribution in [1.29, 1.82) is 0 Å². The highest BCUT2D eigenvalue weighted by atomic mass is 35.5. The van der Waals surface area contributed by atoms with Crippen molar-refractivity contribution < 1.29 is 29.7 Å². The van der Waals surface area contributed by atoms with Crippen molar-refractivity contribution in [2.24, 2.45) is 11.5 Å². The fourth-order valence-electron chi connectivity index (χ4n) is 4.06. The van der Waals surface area contributed by atoms with Gasteiger partial charge >= 0.3 is 0 Å². The Morgan fingerprint density at radius 3 is 2.14 bits per heavy atom. The van der Waals surface area contributed by atoms with E-state index in [1.807, 2.05) is 0 Å². The third-order valence-electron chi connectivity index (χ3n) is 6.09. The summed E-state index contributed by atoms with van der Waals surface area (Å²) in [6, 6.07) is 6.31. The summed E-state index contributed by atoms with van der Waals surface area (Å²) in [4.78, 5) is 38.9. The van der Waals surface area contributed by atoms with Crippen molar-refractivity contribution in [1.82, 2.24) is 16.0 Å². The minimum absolute atomic E-state index is 0. The van der Waals surface area contributed by atoms with Crippen molar-refractivity contribution in [3.05, 3.63) is 47.5 Å². The first-order valence-corrected chi connectivity index (χ1v) is 11.8. The molecule has 2 aromatic carbocycles. The Morgan fingerprint density at radius 2 is 1.59 bits per heavy atom. The molecule has 3 rings (SSSR count). The zero-order valence-corrected chi connectivity index (χ0v) is 21.3. The Hall–Kier alpha value is -3.38. The summed E-state index contributed by atoms with van der Waals surface area (Å²) < 4.78 is 0. The summed E-state index contributed by atoms with van der Waals surface area (Å²) in [5.41, 5.74) is 13.8. The highest BCUT2D eigenvalue weighted by Gasteiger charge is 2.30. The second-order valence-electron chi connectivity index (χ2n) is 8.84. The zero-order valence-electron chi connectivity index (χ0n) is 20.4. The van der Waals surface area contributed by atoms with Crippen LogP contribution in [0.4, 0.5) is 0 Å². The van der Waals surface area contributed by atoms with Crippen molar-refractivity contribution >= 4 is 30.1 Å². The van der Waals surface area contributed by atoms with Gasteiger partial charge in [0.05, 0.1) is 12.1 Å². The van der Waals surface area contributed by atoms with Crippen molar-refractivity contribution in [3.63, 3.8) is 0 Å². The normalized spacial score (nSPS) is 20.8. The number of aliphatic hydroxyl groups is 1. The van der Waals surface area contributed by atoms with E-state index >= 15 is 0 Å². The molecule has 0 radical (unpaired) electrons. The van der Waals surface area contributed by atoms with Crippen LogP contribution in [-0.2, 0) is 27.2 Å². The van der Waals surface area contributed by atoms with Gasteiger partial charge in [-0.25, -0.2) is 0 Å². The Bertz CT molecular complexity index is 1130. The predicted octanol–water partition coefficient (Wildman–Crippen LogP) is -0.572. The maximum atomic E-state index is 13.2. The molecular weight excluding hydrogens is 502 g/mol. The first-order valence-electron chi connectivity index (χ1n) is 11.8. The summed E-state index contributed by atoms with van der Waals surface area (Å²) in [6.07, 6.45) is -1.36. The number of phenols is 2. The maximum absolute atomic E-state index is 13.2. The van der Waals surface area contributed by atoms with Gasteiger partial charge in [-0.2, -0.15) is 0 Å². The number of aromatic hydroxyl groups is 2. The number of fused-ring (bicyclic) bond motifs is 5. The Kier molecular flexibility index (Phi) is 10.7. The lowest BCUT2D eigenvalue weighted by atomic mass is 9.95. The molecule has 11 nitrogen and oxygen atoms in total. The Labute approximate surface area is 221 Å². The quantitative estimate of drug-likeness (QED) is 0.248. The van der Waals surface area contributed by atoms with Crippen LogP contribution in [0.3, 0.4) is 0 Å². The van der Waals surface area contributed by atoms with Crippen LogP contribution in [0.5, 0.6) is 11.5 Å². The number of nitrogens with one attached hydrogen (secondary N) is 3. The molecule has 0 saturated heterocycles. The monoisotopic (exact) mass is 535 g/mol. The first-order chi connectivity index (χ1) is 17.1.